The van der Waals surface area contributed by atoms with Crippen LogP contribution in [0.5, 0.6) is 0 Å². The van der Waals surface area contributed by atoms with Crippen LogP contribution in [0.1, 0.15) is 5.56 Å². The Balaban J connectivity index is 2.55. The largest absolute Gasteiger partial charge is 0.432 e. The highest BCUT2D eigenvalue weighted by Crippen LogP contribution is 2.23. The van der Waals surface area contributed by atoms with Crippen LogP contribution in [0.25, 0.3) is 16.1 Å². The quantitative estimate of drug-likeness (QED) is 0.447. The van der Waals surface area contributed by atoms with Gasteiger partial charge in [0.25, 0.3) is 0 Å². The first kappa shape index (κ1) is 10.8. The fourth-order valence-electron chi connectivity index (χ4n) is 1.74. The molecule has 2 rings (SSSR count). The van der Waals surface area contributed by atoms with Crippen LogP contribution in [0.3, 0.4) is 0 Å². The number of allylic oxidation sites excluding steroid dienone is 2. The molecule has 1 aromatic carbocycles. The fourth-order valence-corrected chi connectivity index (χ4v) is 1.74. The monoisotopic (exact) mass is 224 g/mol. The van der Waals surface area contributed by atoms with Gasteiger partial charge in [-0.1, -0.05) is 30.3 Å². The molecule has 0 amide bonds. The van der Waals surface area contributed by atoms with Crippen molar-refractivity contribution in [3.63, 3.8) is 0 Å². The third kappa shape index (κ3) is 1.85. The van der Waals surface area contributed by atoms with Crippen LogP contribution >= 0.6 is 0 Å². The average Bonchev–Trinajstić information content (AvgIpc) is 2.39. The molecule has 82 valence electrons. The molecule has 1 aromatic rings. The molecule has 5 nitrogen and oxygen atoms in total. The minimum absolute atomic E-state index is 0.147. The van der Waals surface area contributed by atoms with Crippen LogP contribution in [-0.2, 0) is 0 Å². The summed E-state index contributed by atoms with van der Waals surface area (Å²) in [7, 11) is 0. The van der Waals surface area contributed by atoms with Crippen molar-refractivity contribution in [2.45, 2.75) is 6.04 Å². The van der Waals surface area contributed by atoms with Gasteiger partial charge in [0.2, 0.25) is 5.39 Å². The van der Waals surface area contributed by atoms with Crippen LogP contribution in [0, 0.1) is 5.39 Å². The summed E-state index contributed by atoms with van der Waals surface area (Å²) in [6, 6.07) is 8.77. The van der Waals surface area contributed by atoms with E-state index in [1.807, 2.05) is 30.3 Å². The molecule has 17 heavy (non-hydrogen) atoms. The van der Waals surface area contributed by atoms with Gasteiger partial charge < -0.3 is 11.3 Å². The van der Waals surface area contributed by atoms with E-state index in [1.165, 1.54) is 0 Å². The van der Waals surface area contributed by atoms with Crippen molar-refractivity contribution in [3.8, 4) is 0 Å². The minimum atomic E-state index is -0.715. The van der Waals surface area contributed by atoms with Gasteiger partial charge in [-0.15, -0.1) is 0 Å². The maximum absolute atomic E-state index is 8.90. The highest BCUT2D eigenvalue weighted by Gasteiger charge is 2.39. The Kier molecular flexibility index (Phi) is 2.82. The van der Waals surface area contributed by atoms with Gasteiger partial charge in [-0.25, -0.2) is 0 Å². The van der Waals surface area contributed by atoms with E-state index in [4.69, 9.17) is 16.7 Å². The van der Waals surface area contributed by atoms with Gasteiger partial charge in [0.05, 0.1) is 0 Å². The van der Waals surface area contributed by atoms with E-state index in [2.05, 4.69) is 9.77 Å². The standard InChI is InChI=1S/C12H10N5/c13-11-9(8-4-2-1-3-5-8)6-7-10(16-14)12(11)17-15/h1-7,10H,13H2/q+1. The summed E-state index contributed by atoms with van der Waals surface area (Å²) >= 11 is 0. The zero-order valence-electron chi connectivity index (χ0n) is 8.99. The highest BCUT2D eigenvalue weighted by atomic mass is 15.0. The molecule has 1 atom stereocenters. The van der Waals surface area contributed by atoms with Crippen LogP contribution in [0.2, 0.25) is 0 Å². The van der Waals surface area contributed by atoms with Gasteiger partial charge in [-0.2, -0.15) is 4.79 Å². The van der Waals surface area contributed by atoms with E-state index in [-0.39, 0.29) is 5.71 Å². The molecule has 0 radical (unpaired) electrons. The minimum Gasteiger partial charge on any atom is -0.392 e. The van der Waals surface area contributed by atoms with E-state index in [9.17, 15) is 0 Å². The predicted molar refractivity (Wildman–Crippen MR) is 64.2 cm³/mol. The maximum Gasteiger partial charge on any atom is 0.432 e. The maximum atomic E-state index is 8.90. The second-order valence-electron chi connectivity index (χ2n) is 3.60. The summed E-state index contributed by atoms with van der Waals surface area (Å²) in [5, 5.41) is 8.77. The topological polar surface area (TPSA) is 90.6 Å². The summed E-state index contributed by atoms with van der Waals surface area (Å²) in [4.78, 5) is 6.17. The van der Waals surface area contributed by atoms with Crippen molar-refractivity contribution in [2.75, 3.05) is 0 Å². The molecule has 1 aliphatic carbocycles. The summed E-state index contributed by atoms with van der Waals surface area (Å²) in [5.74, 6) is 0. The van der Waals surface area contributed by atoms with Crippen molar-refractivity contribution >= 4 is 11.3 Å². The lowest BCUT2D eigenvalue weighted by Gasteiger charge is -2.08. The summed E-state index contributed by atoms with van der Waals surface area (Å²) in [5.41, 5.74) is 16.9. The number of nitrogens with zero attached hydrogens (tertiary/aromatic N) is 4. The van der Waals surface area contributed by atoms with Crippen molar-refractivity contribution in [1.82, 2.24) is 0 Å². The molecule has 0 aromatic heterocycles. The van der Waals surface area contributed by atoms with Gasteiger partial charge >= 0.3 is 11.8 Å². The number of diazo groups is 1. The molecular formula is C12H10N5+. The van der Waals surface area contributed by atoms with Crippen molar-refractivity contribution in [2.24, 2.45) is 5.73 Å². The average molecular weight is 224 g/mol. The van der Waals surface area contributed by atoms with E-state index in [1.54, 1.807) is 12.2 Å². The Bertz CT molecular complexity index is 585. The first-order chi connectivity index (χ1) is 8.27. The Labute approximate surface area is 98.1 Å². The molecule has 2 N–H and O–H groups in total. The smallest absolute Gasteiger partial charge is 0.392 e. The van der Waals surface area contributed by atoms with Crippen molar-refractivity contribution in [1.29, 1.82) is 5.39 Å². The Morgan fingerprint density at radius 1 is 1.24 bits per heavy atom. The number of benzene rings is 1. The van der Waals surface area contributed by atoms with Gasteiger partial charge in [-0.3, -0.25) is 0 Å². The molecule has 0 saturated carbocycles. The van der Waals surface area contributed by atoms with Crippen molar-refractivity contribution in [3.05, 3.63) is 64.3 Å². The van der Waals surface area contributed by atoms with E-state index in [0.717, 1.165) is 11.1 Å². The summed E-state index contributed by atoms with van der Waals surface area (Å²) < 4.78 is 0. The van der Waals surface area contributed by atoms with Gasteiger partial charge in [0.15, 0.2) is 0 Å². The summed E-state index contributed by atoms with van der Waals surface area (Å²) in [6.45, 7) is 0. The Hall–Kier alpha value is -2.70. The van der Waals surface area contributed by atoms with Crippen LogP contribution in [0.4, 0.5) is 0 Å². The molecule has 1 aliphatic rings. The molecule has 0 saturated heterocycles. The van der Waals surface area contributed by atoms with E-state index >= 15 is 0 Å². The molecule has 0 fully saturated rings. The number of hydrogen-bond acceptors (Lipinski definition) is 2. The SMILES string of the molecule is N#[N+]C1C=CC(c2ccccc2)=C(N)C1=[N+]=[N-]. The lowest BCUT2D eigenvalue weighted by molar-refractivity contribution is -0.00698. The third-order valence-electron chi connectivity index (χ3n) is 2.61. The molecule has 1 unspecified atom stereocenters. The zero-order valence-corrected chi connectivity index (χ0v) is 8.99. The van der Waals surface area contributed by atoms with Gasteiger partial charge in [-0.05, 0) is 11.6 Å². The lowest BCUT2D eigenvalue weighted by atomic mass is 9.93. The van der Waals surface area contributed by atoms with Crippen molar-refractivity contribution < 1.29 is 4.79 Å². The first-order valence-electron chi connectivity index (χ1n) is 5.08. The van der Waals surface area contributed by atoms with Crippen LogP contribution in [-0.4, -0.2) is 16.5 Å². The predicted octanol–water partition coefficient (Wildman–Crippen LogP) is 1.82. The first-order valence-corrected chi connectivity index (χ1v) is 5.08. The van der Waals surface area contributed by atoms with E-state index in [0.29, 0.717) is 5.70 Å². The van der Waals surface area contributed by atoms with Gasteiger partial charge in [0.1, 0.15) is 10.7 Å². The highest BCUT2D eigenvalue weighted by molar-refractivity contribution is 6.10. The lowest BCUT2D eigenvalue weighted by Crippen LogP contribution is -2.27. The fraction of sp³-hybridized carbons (Fsp3) is 0.0833. The Morgan fingerprint density at radius 2 is 1.94 bits per heavy atom. The second kappa shape index (κ2) is 4.44. The normalized spacial score (nSPS) is 18.8. The van der Waals surface area contributed by atoms with E-state index < -0.39 is 6.04 Å². The Morgan fingerprint density at radius 3 is 2.53 bits per heavy atom. The molecular weight excluding hydrogens is 214 g/mol. The zero-order chi connectivity index (χ0) is 12.3. The molecule has 5 heteroatoms. The third-order valence-corrected chi connectivity index (χ3v) is 2.61. The van der Waals surface area contributed by atoms with Crippen LogP contribution in [0.15, 0.2) is 48.2 Å². The number of nitrogens with two attached hydrogens (primary N) is 1. The molecule has 0 aliphatic heterocycles. The molecule has 0 heterocycles. The summed E-state index contributed by atoms with van der Waals surface area (Å²) in [6.07, 6.45) is 3.37. The number of hydrogen-bond donors (Lipinski definition) is 1. The molecule has 0 bridgehead atoms. The second-order valence-corrected chi connectivity index (χ2v) is 3.60. The van der Waals surface area contributed by atoms with Crippen LogP contribution < -0.4 is 5.73 Å². The molecule has 0 spiro atoms. The number of rotatable bonds is 1. The van der Waals surface area contributed by atoms with Gasteiger partial charge in [0, 0.05) is 11.6 Å².